The molecule has 0 aliphatic heterocycles. The Morgan fingerprint density at radius 3 is 2.89 bits per heavy atom. The van der Waals surface area contributed by atoms with Crippen molar-refractivity contribution in [3.63, 3.8) is 0 Å². The fourth-order valence-corrected chi connectivity index (χ4v) is 1.39. The van der Waals surface area contributed by atoms with Gasteiger partial charge in [0.1, 0.15) is 11.5 Å². The van der Waals surface area contributed by atoms with E-state index in [2.05, 4.69) is 4.98 Å². The Morgan fingerprint density at radius 1 is 1.39 bits per heavy atom. The van der Waals surface area contributed by atoms with Crippen LogP contribution in [0.2, 0.25) is 0 Å². The number of rotatable bonds is 3. The van der Waals surface area contributed by atoms with Crippen LogP contribution in [-0.2, 0) is 0 Å². The molecule has 0 aliphatic rings. The fraction of sp³-hybridized carbons (Fsp3) is 0.0833. The summed E-state index contributed by atoms with van der Waals surface area (Å²) in [4.78, 5) is 14.0. The molecule has 0 radical (unpaired) electrons. The number of pyridine rings is 1. The van der Waals surface area contributed by atoms with Crippen LogP contribution in [0.25, 0.3) is 0 Å². The van der Waals surface area contributed by atoms with Crippen molar-refractivity contribution in [1.29, 1.82) is 0 Å². The third-order valence-corrected chi connectivity index (χ3v) is 2.40. The van der Waals surface area contributed by atoms with Gasteiger partial charge in [0.25, 0.3) is 5.69 Å². The molecule has 6 nitrogen and oxygen atoms in total. The molecule has 1 N–H and O–H groups in total. The van der Waals surface area contributed by atoms with E-state index in [0.29, 0.717) is 11.3 Å². The lowest BCUT2D eigenvalue weighted by molar-refractivity contribution is -0.385. The zero-order valence-electron chi connectivity index (χ0n) is 9.53. The number of nitrogens with zero attached hydrogens (tertiary/aromatic N) is 2. The number of ether oxygens (including phenoxy) is 1. The van der Waals surface area contributed by atoms with E-state index in [1.807, 2.05) is 0 Å². The number of aromatic nitrogens is 1. The van der Waals surface area contributed by atoms with Crippen LogP contribution in [0.5, 0.6) is 17.4 Å². The Balaban J connectivity index is 2.31. The summed E-state index contributed by atoms with van der Waals surface area (Å²) in [6.45, 7) is 1.68. The van der Waals surface area contributed by atoms with Crippen molar-refractivity contribution < 1.29 is 14.8 Å². The molecular weight excluding hydrogens is 236 g/mol. The Bertz CT molecular complexity index is 598. The van der Waals surface area contributed by atoms with Gasteiger partial charge in [0.15, 0.2) is 0 Å². The number of hydrogen-bond donors (Lipinski definition) is 1. The standard InChI is InChI=1S/C12H10N2O4/c1-8-10(15)3-2-4-11(8)18-12-7-9(14(16)17)5-6-13-12/h2-7,15H,1H3. The number of phenols is 1. The van der Waals surface area contributed by atoms with E-state index in [1.165, 1.54) is 24.4 Å². The van der Waals surface area contributed by atoms with Crippen molar-refractivity contribution in [2.24, 2.45) is 0 Å². The van der Waals surface area contributed by atoms with Gasteiger partial charge in [-0.1, -0.05) is 6.07 Å². The van der Waals surface area contributed by atoms with Crippen LogP contribution in [-0.4, -0.2) is 15.0 Å². The van der Waals surface area contributed by atoms with Gasteiger partial charge in [0, 0.05) is 17.8 Å². The van der Waals surface area contributed by atoms with Crippen molar-refractivity contribution in [1.82, 2.24) is 4.98 Å². The van der Waals surface area contributed by atoms with Gasteiger partial charge in [0.05, 0.1) is 11.0 Å². The SMILES string of the molecule is Cc1c(O)cccc1Oc1cc([N+](=O)[O-])ccn1. The fourth-order valence-electron chi connectivity index (χ4n) is 1.39. The number of nitro groups is 1. The third-order valence-electron chi connectivity index (χ3n) is 2.40. The van der Waals surface area contributed by atoms with Crippen LogP contribution in [0.1, 0.15) is 5.56 Å². The van der Waals surface area contributed by atoms with E-state index in [4.69, 9.17) is 4.74 Å². The van der Waals surface area contributed by atoms with Gasteiger partial charge in [-0.05, 0) is 19.1 Å². The van der Waals surface area contributed by atoms with Crippen LogP contribution in [0, 0.1) is 17.0 Å². The number of phenolic OH excluding ortho intramolecular Hbond substituents is 1. The number of benzene rings is 1. The zero-order chi connectivity index (χ0) is 13.1. The van der Waals surface area contributed by atoms with E-state index in [-0.39, 0.29) is 17.3 Å². The second-order valence-corrected chi connectivity index (χ2v) is 3.61. The minimum Gasteiger partial charge on any atom is -0.508 e. The highest BCUT2D eigenvalue weighted by atomic mass is 16.6. The van der Waals surface area contributed by atoms with Crippen LogP contribution < -0.4 is 4.74 Å². The first-order valence-corrected chi connectivity index (χ1v) is 5.15. The zero-order valence-corrected chi connectivity index (χ0v) is 9.53. The van der Waals surface area contributed by atoms with Crippen molar-refractivity contribution in [2.45, 2.75) is 6.92 Å². The summed E-state index contributed by atoms with van der Waals surface area (Å²) >= 11 is 0. The smallest absolute Gasteiger partial charge is 0.276 e. The van der Waals surface area contributed by atoms with Crippen molar-refractivity contribution >= 4 is 5.69 Å². The maximum absolute atomic E-state index is 10.6. The molecule has 1 aromatic heterocycles. The molecule has 0 unspecified atom stereocenters. The highest BCUT2D eigenvalue weighted by Gasteiger charge is 2.10. The molecule has 2 rings (SSSR count). The van der Waals surface area contributed by atoms with Gasteiger partial charge in [-0.2, -0.15) is 0 Å². The summed E-state index contributed by atoms with van der Waals surface area (Å²) in [5, 5.41) is 20.1. The number of hydrogen-bond acceptors (Lipinski definition) is 5. The van der Waals surface area contributed by atoms with Gasteiger partial charge < -0.3 is 9.84 Å². The Labute approximate surface area is 103 Å². The third kappa shape index (κ3) is 2.37. The van der Waals surface area contributed by atoms with Crippen molar-refractivity contribution in [2.75, 3.05) is 0 Å². The molecule has 2 aromatic rings. The molecule has 1 heterocycles. The predicted molar refractivity (Wildman–Crippen MR) is 63.8 cm³/mol. The monoisotopic (exact) mass is 246 g/mol. The van der Waals surface area contributed by atoms with Gasteiger partial charge in [-0.15, -0.1) is 0 Å². The molecule has 18 heavy (non-hydrogen) atoms. The molecule has 1 aromatic carbocycles. The van der Waals surface area contributed by atoms with Crippen LogP contribution in [0.3, 0.4) is 0 Å². The lowest BCUT2D eigenvalue weighted by Crippen LogP contribution is -1.93. The van der Waals surface area contributed by atoms with Gasteiger partial charge in [-0.3, -0.25) is 10.1 Å². The molecule has 6 heteroatoms. The summed E-state index contributed by atoms with van der Waals surface area (Å²) in [6.07, 6.45) is 1.30. The first-order chi connectivity index (χ1) is 8.58. The van der Waals surface area contributed by atoms with E-state index in [1.54, 1.807) is 19.1 Å². The summed E-state index contributed by atoms with van der Waals surface area (Å²) in [6, 6.07) is 7.30. The first-order valence-electron chi connectivity index (χ1n) is 5.15. The summed E-state index contributed by atoms with van der Waals surface area (Å²) < 4.78 is 5.41. The van der Waals surface area contributed by atoms with Crippen LogP contribution in [0.15, 0.2) is 36.5 Å². The van der Waals surface area contributed by atoms with Gasteiger partial charge >= 0.3 is 0 Å². The Hall–Kier alpha value is -2.63. The summed E-state index contributed by atoms with van der Waals surface area (Å²) in [5.74, 6) is 0.610. The van der Waals surface area contributed by atoms with Gasteiger partial charge in [0.2, 0.25) is 5.88 Å². The van der Waals surface area contributed by atoms with E-state index in [0.717, 1.165) is 0 Å². The average Bonchev–Trinajstić information content (AvgIpc) is 2.35. The minimum absolute atomic E-state index is 0.0953. The van der Waals surface area contributed by atoms with Crippen LogP contribution >= 0.6 is 0 Å². The van der Waals surface area contributed by atoms with E-state index < -0.39 is 4.92 Å². The Morgan fingerprint density at radius 2 is 2.17 bits per heavy atom. The molecule has 0 saturated carbocycles. The average molecular weight is 246 g/mol. The lowest BCUT2D eigenvalue weighted by Gasteiger charge is -2.08. The summed E-state index contributed by atoms with van der Waals surface area (Å²) in [5.41, 5.74) is 0.448. The molecule has 0 bridgehead atoms. The topological polar surface area (TPSA) is 85.5 Å². The lowest BCUT2D eigenvalue weighted by atomic mass is 10.2. The summed E-state index contributed by atoms with van der Waals surface area (Å²) in [7, 11) is 0. The largest absolute Gasteiger partial charge is 0.508 e. The minimum atomic E-state index is -0.524. The molecule has 0 aliphatic carbocycles. The van der Waals surface area contributed by atoms with Gasteiger partial charge in [-0.25, -0.2) is 4.98 Å². The van der Waals surface area contributed by atoms with E-state index >= 15 is 0 Å². The van der Waals surface area contributed by atoms with E-state index in [9.17, 15) is 15.2 Å². The second kappa shape index (κ2) is 4.70. The normalized spacial score (nSPS) is 10.1. The second-order valence-electron chi connectivity index (χ2n) is 3.61. The quantitative estimate of drug-likeness (QED) is 0.664. The highest BCUT2D eigenvalue weighted by Crippen LogP contribution is 2.30. The van der Waals surface area contributed by atoms with Crippen molar-refractivity contribution in [3.05, 3.63) is 52.2 Å². The molecular formula is C12H10N2O4. The van der Waals surface area contributed by atoms with Crippen LogP contribution in [0.4, 0.5) is 5.69 Å². The number of aromatic hydroxyl groups is 1. The molecule has 92 valence electrons. The highest BCUT2D eigenvalue weighted by molar-refractivity contribution is 5.45. The maximum atomic E-state index is 10.6. The maximum Gasteiger partial charge on any atom is 0.276 e. The first kappa shape index (κ1) is 11.8. The molecule has 0 amide bonds. The van der Waals surface area contributed by atoms with Crippen molar-refractivity contribution in [3.8, 4) is 17.4 Å². The molecule has 0 fully saturated rings. The Kier molecular flexibility index (Phi) is 3.09. The molecule has 0 atom stereocenters. The molecule has 0 saturated heterocycles. The molecule has 0 spiro atoms. The predicted octanol–water partition coefficient (Wildman–Crippen LogP) is 2.80.